The average Bonchev–Trinajstić information content (AvgIpc) is 2.66. The Morgan fingerprint density at radius 2 is 2.05 bits per heavy atom. The summed E-state index contributed by atoms with van der Waals surface area (Å²) in [6.07, 6.45) is 4.27. The molecule has 0 unspecified atom stereocenters. The molecule has 0 atom stereocenters. The Hall–Kier alpha value is -0.920. The molecule has 0 radical (unpaired) electrons. The maximum Gasteiger partial charge on any atom is 0.246 e. The highest BCUT2D eigenvalue weighted by atomic mass is 32.2. The molecule has 0 amide bonds. The zero-order valence-corrected chi connectivity index (χ0v) is 14.0. The summed E-state index contributed by atoms with van der Waals surface area (Å²) in [5.41, 5.74) is 6.80. The SMILES string of the molecule is Cc1nn(CCCN)c(C)c1S(=O)(=O)N(C)CC1CCC1. The first-order chi connectivity index (χ1) is 9.87. The van der Waals surface area contributed by atoms with Crippen molar-refractivity contribution in [1.29, 1.82) is 0 Å². The second-order valence-electron chi connectivity index (χ2n) is 5.95. The van der Waals surface area contributed by atoms with Gasteiger partial charge in [0.05, 0.1) is 11.4 Å². The van der Waals surface area contributed by atoms with E-state index in [9.17, 15) is 8.42 Å². The van der Waals surface area contributed by atoms with Crippen LogP contribution >= 0.6 is 0 Å². The number of nitrogens with two attached hydrogens (primary N) is 1. The monoisotopic (exact) mass is 314 g/mol. The second kappa shape index (κ2) is 6.46. The fourth-order valence-electron chi connectivity index (χ4n) is 2.81. The number of nitrogens with zero attached hydrogens (tertiary/aromatic N) is 3. The molecule has 1 aliphatic rings. The summed E-state index contributed by atoms with van der Waals surface area (Å²) in [6, 6.07) is 0. The summed E-state index contributed by atoms with van der Waals surface area (Å²) in [7, 11) is -1.79. The minimum absolute atomic E-state index is 0.362. The van der Waals surface area contributed by atoms with Crippen LogP contribution in [-0.2, 0) is 16.6 Å². The van der Waals surface area contributed by atoms with E-state index in [1.165, 1.54) is 10.7 Å². The molecule has 0 bridgehead atoms. The lowest BCUT2D eigenvalue weighted by molar-refractivity contribution is 0.263. The summed E-state index contributed by atoms with van der Waals surface area (Å²) < 4.78 is 28.8. The molecule has 7 heteroatoms. The Morgan fingerprint density at radius 1 is 1.38 bits per heavy atom. The van der Waals surface area contributed by atoms with Gasteiger partial charge in [-0.25, -0.2) is 12.7 Å². The van der Waals surface area contributed by atoms with Crippen molar-refractivity contribution in [2.24, 2.45) is 11.7 Å². The molecule has 0 aliphatic heterocycles. The first-order valence-corrected chi connectivity index (χ1v) is 9.02. The van der Waals surface area contributed by atoms with Crippen molar-refractivity contribution in [1.82, 2.24) is 14.1 Å². The Morgan fingerprint density at radius 3 is 2.57 bits per heavy atom. The fourth-order valence-corrected chi connectivity index (χ4v) is 4.42. The van der Waals surface area contributed by atoms with Crippen LogP contribution in [0.25, 0.3) is 0 Å². The van der Waals surface area contributed by atoms with Gasteiger partial charge in [-0.1, -0.05) is 6.42 Å². The van der Waals surface area contributed by atoms with Gasteiger partial charge >= 0.3 is 0 Å². The third-order valence-electron chi connectivity index (χ3n) is 4.30. The van der Waals surface area contributed by atoms with Gasteiger partial charge in [0, 0.05) is 20.1 Å². The Kier molecular flexibility index (Phi) is 5.06. The van der Waals surface area contributed by atoms with Crippen molar-refractivity contribution < 1.29 is 8.42 Å². The Balaban J connectivity index is 2.24. The molecule has 0 saturated heterocycles. The van der Waals surface area contributed by atoms with Crippen LogP contribution in [-0.4, -0.2) is 42.6 Å². The zero-order valence-electron chi connectivity index (χ0n) is 13.2. The second-order valence-corrected chi connectivity index (χ2v) is 7.93. The van der Waals surface area contributed by atoms with Gasteiger partial charge in [-0.3, -0.25) is 4.68 Å². The predicted octanol–water partition coefficient (Wildman–Crippen LogP) is 1.27. The molecule has 0 spiro atoms. The Bertz CT molecular complexity index is 590. The number of hydrogen-bond donors (Lipinski definition) is 1. The van der Waals surface area contributed by atoms with Crippen LogP contribution in [0.3, 0.4) is 0 Å². The smallest absolute Gasteiger partial charge is 0.246 e. The van der Waals surface area contributed by atoms with E-state index in [4.69, 9.17) is 5.73 Å². The normalized spacial score (nSPS) is 16.4. The van der Waals surface area contributed by atoms with Crippen molar-refractivity contribution >= 4 is 10.0 Å². The van der Waals surface area contributed by atoms with Gasteiger partial charge in [-0.15, -0.1) is 0 Å². The number of aromatic nitrogens is 2. The van der Waals surface area contributed by atoms with Crippen LogP contribution in [0, 0.1) is 19.8 Å². The summed E-state index contributed by atoms with van der Waals surface area (Å²) in [5, 5.41) is 4.36. The third-order valence-corrected chi connectivity index (χ3v) is 6.37. The van der Waals surface area contributed by atoms with Gasteiger partial charge in [0.15, 0.2) is 0 Å². The molecular formula is C14H26N4O2S. The molecule has 1 aromatic rings. The fraction of sp³-hybridized carbons (Fsp3) is 0.786. The van der Waals surface area contributed by atoms with Crippen molar-refractivity contribution in [3.05, 3.63) is 11.4 Å². The van der Waals surface area contributed by atoms with Crippen LogP contribution in [0.2, 0.25) is 0 Å². The van der Waals surface area contributed by atoms with E-state index in [-0.39, 0.29) is 0 Å². The molecule has 2 N–H and O–H groups in total. The van der Waals surface area contributed by atoms with Gasteiger partial charge in [0.1, 0.15) is 4.90 Å². The summed E-state index contributed by atoms with van der Waals surface area (Å²) in [4.78, 5) is 0.362. The molecule has 0 aromatic carbocycles. The third kappa shape index (κ3) is 3.30. The highest BCUT2D eigenvalue weighted by molar-refractivity contribution is 7.89. The van der Waals surface area contributed by atoms with Crippen LogP contribution in [0.4, 0.5) is 0 Å². The summed E-state index contributed by atoms with van der Waals surface area (Å²) in [6.45, 7) is 5.42. The molecular weight excluding hydrogens is 288 g/mol. The molecule has 1 fully saturated rings. The van der Waals surface area contributed by atoms with Crippen LogP contribution < -0.4 is 5.73 Å². The molecule has 2 rings (SSSR count). The van der Waals surface area contributed by atoms with Crippen molar-refractivity contribution in [2.75, 3.05) is 20.1 Å². The highest BCUT2D eigenvalue weighted by Gasteiger charge is 2.31. The molecule has 1 heterocycles. The molecule has 120 valence electrons. The first kappa shape index (κ1) is 16.5. The van der Waals surface area contributed by atoms with Crippen LogP contribution in [0.5, 0.6) is 0 Å². The number of hydrogen-bond acceptors (Lipinski definition) is 4. The average molecular weight is 314 g/mol. The topological polar surface area (TPSA) is 81.2 Å². The predicted molar refractivity (Wildman–Crippen MR) is 82.5 cm³/mol. The first-order valence-electron chi connectivity index (χ1n) is 7.58. The molecule has 6 nitrogen and oxygen atoms in total. The van der Waals surface area contributed by atoms with Gasteiger partial charge < -0.3 is 5.73 Å². The van der Waals surface area contributed by atoms with Crippen molar-refractivity contribution in [2.45, 2.75) is 51.0 Å². The maximum absolute atomic E-state index is 12.8. The minimum atomic E-state index is -3.46. The molecule has 1 saturated carbocycles. The van der Waals surface area contributed by atoms with E-state index < -0.39 is 10.0 Å². The largest absolute Gasteiger partial charge is 0.330 e. The quantitative estimate of drug-likeness (QED) is 0.822. The van der Waals surface area contributed by atoms with E-state index in [0.717, 1.165) is 19.3 Å². The number of aryl methyl sites for hydroxylation is 2. The summed E-state index contributed by atoms with van der Waals surface area (Å²) >= 11 is 0. The van der Waals surface area contributed by atoms with Gasteiger partial charge in [-0.05, 0) is 45.6 Å². The molecule has 1 aliphatic carbocycles. The van der Waals surface area contributed by atoms with Gasteiger partial charge in [-0.2, -0.15) is 5.10 Å². The lowest BCUT2D eigenvalue weighted by Gasteiger charge is -2.29. The van der Waals surface area contributed by atoms with E-state index in [1.807, 2.05) is 6.92 Å². The van der Waals surface area contributed by atoms with E-state index in [1.54, 1.807) is 18.7 Å². The lowest BCUT2D eigenvalue weighted by Crippen LogP contribution is -2.34. The Labute approximate surface area is 127 Å². The van der Waals surface area contributed by atoms with E-state index >= 15 is 0 Å². The van der Waals surface area contributed by atoms with Crippen LogP contribution in [0.15, 0.2) is 4.90 Å². The standard InChI is InChI=1S/C14H26N4O2S/c1-11-14(12(2)18(16-11)9-5-8-15)21(19,20)17(3)10-13-6-4-7-13/h13H,4-10,15H2,1-3H3. The molecule has 21 heavy (non-hydrogen) atoms. The number of sulfonamides is 1. The molecule has 1 aromatic heterocycles. The van der Waals surface area contributed by atoms with E-state index in [2.05, 4.69) is 5.10 Å². The zero-order chi connectivity index (χ0) is 15.6. The van der Waals surface area contributed by atoms with Gasteiger partial charge in [0.25, 0.3) is 0 Å². The highest BCUT2D eigenvalue weighted by Crippen LogP contribution is 2.30. The summed E-state index contributed by atoms with van der Waals surface area (Å²) in [5.74, 6) is 0.512. The van der Waals surface area contributed by atoms with Gasteiger partial charge in [0.2, 0.25) is 10.0 Å². The van der Waals surface area contributed by atoms with Crippen molar-refractivity contribution in [3.8, 4) is 0 Å². The number of rotatable bonds is 7. The van der Waals surface area contributed by atoms with E-state index in [0.29, 0.717) is 41.8 Å². The van der Waals surface area contributed by atoms with Crippen LogP contribution in [0.1, 0.15) is 37.1 Å². The maximum atomic E-state index is 12.8. The minimum Gasteiger partial charge on any atom is -0.330 e. The van der Waals surface area contributed by atoms with Crippen molar-refractivity contribution in [3.63, 3.8) is 0 Å². The lowest BCUT2D eigenvalue weighted by atomic mass is 9.86.